The number of halogens is 1. The summed E-state index contributed by atoms with van der Waals surface area (Å²) in [5, 5.41) is 3.45. The number of hydrogen-bond acceptors (Lipinski definition) is 5. The van der Waals surface area contributed by atoms with Crippen LogP contribution in [0, 0.1) is 0 Å². The zero-order chi connectivity index (χ0) is 19.1. The molecule has 0 bridgehead atoms. The molecule has 1 atom stereocenters. The van der Waals surface area contributed by atoms with Crippen LogP contribution in [0.4, 0.5) is 0 Å². The van der Waals surface area contributed by atoms with Crippen molar-refractivity contribution in [2.24, 2.45) is 0 Å². The molecule has 3 rings (SSSR count). The number of benzene rings is 1. The van der Waals surface area contributed by atoms with E-state index in [9.17, 15) is 4.79 Å². The van der Waals surface area contributed by atoms with Gasteiger partial charge in [-0.2, -0.15) is 0 Å². The van der Waals surface area contributed by atoms with Crippen LogP contribution in [-0.2, 0) is 0 Å². The lowest BCUT2D eigenvalue weighted by Crippen LogP contribution is -2.51. The SMILES string of the molecule is COc1cccc(C(=O)N(CCN2CCCCC2)C2CCCNC2)c1OC.Cl. The average molecular weight is 412 g/mol. The maximum absolute atomic E-state index is 13.5. The van der Waals surface area contributed by atoms with Crippen molar-refractivity contribution in [2.45, 2.75) is 38.1 Å². The Morgan fingerprint density at radius 2 is 1.96 bits per heavy atom. The highest BCUT2D eigenvalue weighted by atomic mass is 35.5. The molecule has 0 spiro atoms. The van der Waals surface area contributed by atoms with Crippen molar-refractivity contribution in [2.75, 3.05) is 53.5 Å². The van der Waals surface area contributed by atoms with E-state index in [0.717, 1.165) is 52.1 Å². The molecule has 2 aliphatic rings. The van der Waals surface area contributed by atoms with E-state index in [1.807, 2.05) is 18.2 Å². The lowest BCUT2D eigenvalue weighted by molar-refractivity contribution is 0.0609. The molecule has 1 aromatic carbocycles. The number of hydrogen-bond donors (Lipinski definition) is 1. The van der Waals surface area contributed by atoms with E-state index >= 15 is 0 Å². The summed E-state index contributed by atoms with van der Waals surface area (Å²) in [4.78, 5) is 18.1. The zero-order valence-corrected chi connectivity index (χ0v) is 17.9. The molecule has 158 valence electrons. The van der Waals surface area contributed by atoms with Gasteiger partial charge in [-0.05, 0) is 57.5 Å². The molecule has 2 aliphatic heterocycles. The minimum atomic E-state index is 0. The predicted molar refractivity (Wildman–Crippen MR) is 114 cm³/mol. The zero-order valence-electron chi connectivity index (χ0n) is 17.1. The van der Waals surface area contributed by atoms with Gasteiger partial charge in [-0.3, -0.25) is 4.79 Å². The van der Waals surface area contributed by atoms with Gasteiger partial charge in [0, 0.05) is 25.7 Å². The molecule has 1 N–H and O–H groups in total. The van der Waals surface area contributed by atoms with Gasteiger partial charge in [0.15, 0.2) is 11.5 Å². The fraction of sp³-hybridized carbons (Fsp3) is 0.667. The summed E-state index contributed by atoms with van der Waals surface area (Å²) in [6.07, 6.45) is 6.01. The number of carbonyl (C=O) groups excluding carboxylic acids is 1. The minimum Gasteiger partial charge on any atom is -0.493 e. The Morgan fingerprint density at radius 1 is 1.18 bits per heavy atom. The number of nitrogens with one attached hydrogen (secondary N) is 1. The van der Waals surface area contributed by atoms with Crippen molar-refractivity contribution in [1.82, 2.24) is 15.1 Å². The highest BCUT2D eigenvalue weighted by Gasteiger charge is 2.29. The number of likely N-dealkylation sites (tertiary alicyclic amines) is 1. The van der Waals surface area contributed by atoms with Crippen LogP contribution in [0.2, 0.25) is 0 Å². The van der Waals surface area contributed by atoms with E-state index in [1.54, 1.807) is 14.2 Å². The van der Waals surface area contributed by atoms with Crippen LogP contribution in [0.15, 0.2) is 18.2 Å². The molecule has 6 nitrogen and oxygen atoms in total. The fourth-order valence-electron chi connectivity index (χ4n) is 4.19. The van der Waals surface area contributed by atoms with Crippen LogP contribution in [0.1, 0.15) is 42.5 Å². The highest BCUT2D eigenvalue weighted by molar-refractivity contribution is 5.98. The lowest BCUT2D eigenvalue weighted by atomic mass is 10.0. The van der Waals surface area contributed by atoms with E-state index in [2.05, 4.69) is 15.1 Å². The Hall–Kier alpha value is -1.50. The van der Waals surface area contributed by atoms with Crippen molar-refractivity contribution in [3.8, 4) is 11.5 Å². The quantitative estimate of drug-likeness (QED) is 0.747. The van der Waals surface area contributed by atoms with Crippen molar-refractivity contribution in [3.63, 3.8) is 0 Å². The van der Waals surface area contributed by atoms with Crippen LogP contribution in [-0.4, -0.2) is 75.2 Å². The Labute approximate surface area is 175 Å². The van der Waals surface area contributed by atoms with Crippen LogP contribution >= 0.6 is 12.4 Å². The number of methoxy groups -OCH3 is 2. The maximum Gasteiger partial charge on any atom is 0.258 e. The Bertz CT molecular complexity index is 617. The summed E-state index contributed by atoms with van der Waals surface area (Å²) in [6.45, 7) is 5.88. The molecule has 1 amide bonds. The smallest absolute Gasteiger partial charge is 0.258 e. The van der Waals surface area contributed by atoms with Gasteiger partial charge in [0.25, 0.3) is 5.91 Å². The number of piperidine rings is 2. The number of rotatable bonds is 7. The first-order valence-corrected chi connectivity index (χ1v) is 10.2. The summed E-state index contributed by atoms with van der Waals surface area (Å²) < 4.78 is 10.9. The monoisotopic (exact) mass is 411 g/mol. The Morgan fingerprint density at radius 3 is 2.61 bits per heavy atom. The third-order valence-electron chi connectivity index (χ3n) is 5.71. The maximum atomic E-state index is 13.5. The molecule has 0 saturated carbocycles. The van der Waals surface area contributed by atoms with E-state index < -0.39 is 0 Å². The summed E-state index contributed by atoms with van der Waals surface area (Å²) in [7, 11) is 3.19. The standard InChI is InChI=1S/C21H33N3O3.ClH/c1-26-19-10-6-9-18(20(19)27-2)21(25)24(17-8-7-11-22-16-17)15-14-23-12-4-3-5-13-23;/h6,9-10,17,22H,3-5,7-8,11-16H2,1-2H3;1H. The van der Waals surface area contributed by atoms with Crippen molar-refractivity contribution in [3.05, 3.63) is 23.8 Å². The minimum absolute atomic E-state index is 0. The van der Waals surface area contributed by atoms with E-state index in [1.165, 1.54) is 19.3 Å². The molecule has 0 aromatic heterocycles. The van der Waals surface area contributed by atoms with Crippen LogP contribution in [0.5, 0.6) is 11.5 Å². The Balaban J connectivity index is 0.00000280. The van der Waals surface area contributed by atoms with Crippen molar-refractivity contribution < 1.29 is 14.3 Å². The molecule has 1 unspecified atom stereocenters. The van der Waals surface area contributed by atoms with E-state index in [4.69, 9.17) is 9.47 Å². The number of carbonyl (C=O) groups is 1. The number of amides is 1. The average Bonchev–Trinajstić information content (AvgIpc) is 2.74. The normalized spacial score (nSPS) is 20.1. The Kier molecular flexibility index (Phi) is 9.35. The third kappa shape index (κ3) is 5.52. The van der Waals surface area contributed by atoms with E-state index in [-0.39, 0.29) is 24.4 Å². The van der Waals surface area contributed by atoms with Crippen LogP contribution < -0.4 is 14.8 Å². The molecule has 0 radical (unpaired) electrons. The van der Waals surface area contributed by atoms with Crippen molar-refractivity contribution >= 4 is 18.3 Å². The second-order valence-electron chi connectivity index (χ2n) is 7.44. The molecule has 2 fully saturated rings. The summed E-state index contributed by atoms with van der Waals surface area (Å²) in [5.74, 6) is 1.16. The lowest BCUT2D eigenvalue weighted by Gasteiger charge is -2.37. The first kappa shape index (κ1) is 22.8. The molecule has 1 aromatic rings. The van der Waals surface area contributed by atoms with Gasteiger partial charge in [-0.25, -0.2) is 0 Å². The van der Waals surface area contributed by atoms with Gasteiger partial charge in [-0.1, -0.05) is 12.5 Å². The van der Waals surface area contributed by atoms with Crippen LogP contribution in [0.25, 0.3) is 0 Å². The summed E-state index contributed by atoms with van der Waals surface area (Å²) in [6, 6.07) is 5.76. The molecule has 28 heavy (non-hydrogen) atoms. The predicted octanol–water partition coefficient (Wildman–Crippen LogP) is 2.81. The number of ether oxygens (including phenoxy) is 2. The van der Waals surface area contributed by atoms with Gasteiger partial charge in [0.05, 0.1) is 19.8 Å². The first-order chi connectivity index (χ1) is 13.2. The molecular weight excluding hydrogens is 378 g/mol. The highest BCUT2D eigenvalue weighted by Crippen LogP contribution is 2.32. The van der Waals surface area contributed by atoms with Gasteiger partial charge < -0.3 is 24.6 Å². The number of para-hydroxylation sites is 1. The largest absolute Gasteiger partial charge is 0.493 e. The summed E-state index contributed by atoms with van der Waals surface area (Å²) >= 11 is 0. The van der Waals surface area contributed by atoms with Gasteiger partial charge in [0.1, 0.15) is 0 Å². The fourth-order valence-corrected chi connectivity index (χ4v) is 4.19. The van der Waals surface area contributed by atoms with Gasteiger partial charge in [0.2, 0.25) is 0 Å². The van der Waals surface area contributed by atoms with Crippen LogP contribution in [0.3, 0.4) is 0 Å². The second kappa shape index (κ2) is 11.5. The van der Waals surface area contributed by atoms with Gasteiger partial charge >= 0.3 is 0 Å². The second-order valence-corrected chi connectivity index (χ2v) is 7.44. The third-order valence-corrected chi connectivity index (χ3v) is 5.71. The summed E-state index contributed by atoms with van der Waals surface area (Å²) in [5.41, 5.74) is 0.584. The molecule has 2 heterocycles. The van der Waals surface area contributed by atoms with Crippen molar-refractivity contribution in [1.29, 1.82) is 0 Å². The van der Waals surface area contributed by atoms with Gasteiger partial charge in [-0.15, -0.1) is 12.4 Å². The number of nitrogens with zero attached hydrogens (tertiary/aromatic N) is 2. The molecule has 7 heteroatoms. The molecule has 2 saturated heterocycles. The topological polar surface area (TPSA) is 54.0 Å². The van der Waals surface area contributed by atoms with E-state index in [0.29, 0.717) is 17.1 Å². The first-order valence-electron chi connectivity index (χ1n) is 10.2. The molecular formula is C21H34ClN3O3. The molecule has 0 aliphatic carbocycles.